The summed E-state index contributed by atoms with van der Waals surface area (Å²) in [6.45, 7) is 0. The molecule has 0 saturated carbocycles. The molecule has 0 unspecified atom stereocenters. The van der Waals surface area contributed by atoms with Crippen LogP contribution in [-0.4, -0.2) is 0 Å². The summed E-state index contributed by atoms with van der Waals surface area (Å²) >= 11 is 0. The third-order valence-electron chi connectivity index (χ3n) is 11.4. The van der Waals surface area contributed by atoms with Crippen LogP contribution in [0.25, 0.3) is 120 Å². The molecule has 0 fully saturated rings. The van der Waals surface area contributed by atoms with Gasteiger partial charge in [-0.1, -0.05) is 146 Å². The molecule has 2 nitrogen and oxygen atoms in total. The highest BCUT2D eigenvalue weighted by molar-refractivity contribution is 6.27. The van der Waals surface area contributed by atoms with E-state index in [1.165, 1.54) is 65.3 Å². The van der Waals surface area contributed by atoms with Crippen molar-refractivity contribution in [3.63, 3.8) is 0 Å². The second-order valence-electron chi connectivity index (χ2n) is 14.3. The molecule has 12 rings (SSSR count). The summed E-state index contributed by atoms with van der Waals surface area (Å²) < 4.78 is 13.1. The Kier molecular flexibility index (Phi) is 6.09. The van der Waals surface area contributed by atoms with Gasteiger partial charge in [-0.3, -0.25) is 0 Å². The average Bonchev–Trinajstić information content (AvgIpc) is 3.81. The van der Waals surface area contributed by atoms with E-state index in [9.17, 15) is 0 Å². The molecule has 0 N–H and O–H groups in total. The van der Waals surface area contributed by atoms with Crippen LogP contribution in [0.4, 0.5) is 0 Å². The molecule has 2 heterocycles. The van der Waals surface area contributed by atoms with E-state index in [1.54, 1.807) is 0 Å². The van der Waals surface area contributed by atoms with Gasteiger partial charge in [0.2, 0.25) is 0 Å². The Morgan fingerprint density at radius 1 is 0.278 bits per heavy atom. The van der Waals surface area contributed by atoms with Crippen LogP contribution < -0.4 is 0 Å². The zero-order chi connectivity index (χ0) is 35.3. The third-order valence-corrected chi connectivity index (χ3v) is 11.4. The molecule has 0 aliphatic heterocycles. The predicted octanol–water partition coefficient (Wildman–Crippen LogP) is 15.1. The van der Waals surface area contributed by atoms with Gasteiger partial charge in [0.25, 0.3) is 0 Å². The van der Waals surface area contributed by atoms with Crippen LogP contribution in [0.15, 0.2) is 191 Å². The Morgan fingerprint density at radius 2 is 0.833 bits per heavy atom. The summed E-state index contributed by atoms with van der Waals surface area (Å²) in [6, 6.07) is 65.7. The fraction of sp³-hybridized carbons (Fsp3) is 0. The lowest BCUT2D eigenvalue weighted by Gasteiger charge is -2.19. The molecule has 0 aliphatic rings. The average molecular weight is 687 g/mol. The highest BCUT2D eigenvalue weighted by Crippen LogP contribution is 2.46. The first kappa shape index (κ1) is 29.4. The van der Waals surface area contributed by atoms with Gasteiger partial charge in [0.1, 0.15) is 22.3 Å². The van der Waals surface area contributed by atoms with E-state index in [0.717, 1.165) is 55.0 Å². The van der Waals surface area contributed by atoms with Gasteiger partial charge >= 0.3 is 0 Å². The van der Waals surface area contributed by atoms with Crippen molar-refractivity contribution in [2.45, 2.75) is 0 Å². The van der Waals surface area contributed by atoms with Crippen molar-refractivity contribution in [2.75, 3.05) is 0 Å². The molecule has 0 aliphatic carbocycles. The lowest BCUT2D eigenvalue weighted by atomic mass is 9.84. The van der Waals surface area contributed by atoms with Gasteiger partial charge in [0, 0.05) is 16.2 Å². The molecule has 0 amide bonds. The summed E-state index contributed by atoms with van der Waals surface area (Å²) in [4.78, 5) is 0. The molecule has 0 atom stereocenters. The first-order valence-electron chi connectivity index (χ1n) is 18.5. The minimum atomic E-state index is 0.830. The number of hydrogen-bond acceptors (Lipinski definition) is 2. The van der Waals surface area contributed by atoms with E-state index in [4.69, 9.17) is 8.83 Å². The fourth-order valence-electron chi connectivity index (χ4n) is 9.07. The van der Waals surface area contributed by atoms with E-state index in [2.05, 4.69) is 182 Å². The monoisotopic (exact) mass is 686 g/mol. The first-order valence-corrected chi connectivity index (χ1v) is 18.5. The molecule has 0 bridgehead atoms. The van der Waals surface area contributed by atoms with E-state index in [0.29, 0.717) is 0 Å². The SMILES string of the molecule is c1cc(-c2ccc3oc4ccc5c(oc6ccc7ccccc7c65)c4c3c2)cc(-c2c3ccccc3c(-c3cccc4ccccc34)c3ccccc23)c1. The zero-order valence-corrected chi connectivity index (χ0v) is 29.1. The lowest BCUT2D eigenvalue weighted by molar-refractivity contribution is 0.663. The van der Waals surface area contributed by atoms with Crippen LogP contribution in [-0.2, 0) is 0 Å². The molecule has 10 aromatic carbocycles. The highest BCUT2D eigenvalue weighted by Gasteiger charge is 2.20. The van der Waals surface area contributed by atoms with E-state index < -0.39 is 0 Å². The summed E-state index contributed by atoms with van der Waals surface area (Å²) in [7, 11) is 0. The third kappa shape index (κ3) is 4.17. The molecule has 0 spiro atoms. The van der Waals surface area contributed by atoms with E-state index >= 15 is 0 Å². The molecule has 2 aromatic heterocycles. The second-order valence-corrected chi connectivity index (χ2v) is 14.3. The maximum atomic E-state index is 6.65. The molecule has 0 saturated heterocycles. The lowest BCUT2D eigenvalue weighted by Crippen LogP contribution is -1.92. The van der Waals surface area contributed by atoms with Crippen molar-refractivity contribution in [3.8, 4) is 33.4 Å². The molecule has 54 heavy (non-hydrogen) atoms. The minimum Gasteiger partial charge on any atom is -0.456 e. The summed E-state index contributed by atoms with van der Waals surface area (Å²) in [5.74, 6) is 0. The van der Waals surface area contributed by atoms with Crippen LogP contribution in [0, 0.1) is 0 Å². The Labute approximate surface area is 310 Å². The topological polar surface area (TPSA) is 26.3 Å². The number of hydrogen-bond donors (Lipinski definition) is 0. The maximum absolute atomic E-state index is 6.65. The molecule has 0 radical (unpaired) electrons. The van der Waals surface area contributed by atoms with Crippen molar-refractivity contribution in [2.24, 2.45) is 0 Å². The van der Waals surface area contributed by atoms with E-state index in [1.807, 2.05) is 0 Å². The smallest absolute Gasteiger partial charge is 0.147 e. The number of benzene rings is 10. The quantitative estimate of drug-likeness (QED) is 0.173. The number of rotatable bonds is 3. The maximum Gasteiger partial charge on any atom is 0.147 e. The Balaban J connectivity index is 1.07. The van der Waals surface area contributed by atoms with Crippen molar-refractivity contribution < 1.29 is 8.83 Å². The van der Waals surface area contributed by atoms with Gasteiger partial charge in [0.05, 0.1) is 5.39 Å². The Hall–Kier alpha value is -7.16. The summed E-state index contributed by atoms with van der Waals surface area (Å²) in [5.41, 5.74) is 10.7. The van der Waals surface area contributed by atoms with Gasteiger partial charge in [-0.05, 0) is 113 Å². The second kappa shape index (κ2) is 11.2. The Morgan fingerprint density at radius 3 is 1.61 bits per heavy atom. The first-order chi connectivity index (χ1) is 26.8. The predicted molar refractivity (Wildman–Crippen MR) is 227 cm³/mol. The zero-order valence-electron chi connectivity index (χ0n) is 29.1. The van der Waals surface area contributed by atoms with Crippen LogP contribution in [0.5, 0.6) is 0 Å². The number of fused-ring (bicyclic) bond motifs is 12. The van der Waals surface area contributed by atoms with Crippen molar-refractivity contribution >= 4 is 87.0 Å². The van der Waals surface area contributed by atoms with Crippen LogP contribution in [0.3, 0.4) is 0 Å². The van der Waals surface area contributed by atoms with Gasteiger partial charge in [0.15, 0.2) is 0 Å². The Bertz CT molecular complexity index is 3440. The highest BCUT2D eigenvalue weighted by atomic mass is 16.3. The van der Waals surface area contributed by atoms with Crippen LogP contribution in [0.1, 0.15) is 0 Å². The van der Waals surface area contributed by atoms with E-state index in [-0.39, 0.29) is 0 Å². The number of furan rings is 2. The fourth-order valence-corrected chi connectivity index (χ4v) is 9.07. The molecule has 250 valence electrons. The summed E-state index contributed by atoms with van der Waals surface area (Å²) in [6.07, 6.45) is 0. The van der Waals surface area contributed by atoms with Gasteiger partial charge in [-0.2, -0.15) is 0 Å². The van der Waals surface area contributed by atoms with Gasteiger partial charge < -0.3 is 8.83 Å². The standard InChI is InChI=1S/C52H30O2/c1-3-16-36-31(11-1)13-10-22-38(36)49-41-20-7-5-18-39(41)48(40-19-6-8-21-42(40)49)35-15-9-14-33(29-35)34-24-26-45-44(30-34)51-47(53-45)28-25-43-50-37-17-4-2-12-32(37)23-27-46(50)54-52(43)51/h1-30H. The van der Waals surface area contributed by atoms with Crippen molar-refractivity contribution in [1.29, 1.82) is 0 Å². The normalized spacial score (nSPS) is 12.1. The van der Waals surface area contributed by atoms with Gasteiger partial charge in [-0.25, -0.2) is 0 Å². The van der Waals surface area contributed by atoms with Crippen LogP contribution >= 0.6 is 0 Å². The minimum absolute atomic E-state index is 0.830. The molecular formula is C52H30O2. The molecule has 2 heteroatoms. The molecular weight excluding hydrogens is 657 g/mol. The largest absolute Gasteiger partial charge is 0.456 e. The van der Waals surface area contributed by atoms with Crippen molar-refractivity contribution in [3.05, 3.63) is 182 Å². The van der Waals surface area contributed by atoms with Crippen LogP contribution in [0.2, 0.25) is 0 Å². The molecule has 12 aromatic rings. The summed E-state index contributed by atoms with van der Waals surface area (Å²) in [5, 5.41) is 14.2. The van der Waals surface area contributed by atoms with Gasteiger partial charge in [-0.15, -0.1) is 0 Å². The van der Waals surface area contributed by atoms with Crippen molar-refractivity contribution in [1.82, 2.24) is 0 Å².